The molecular formula is C34H42O10. The van der Waals surface area contributed by atoms with E-state index in [2.05, 4.69) is 13.2 Å². The summed E-state index contributed by atoms with van der Waals surface area (Å²) in [6.07, 6.45) is 5.42. The van der Waals surface area contributed by atoms with Crippen LogP contribution in [0.3, 0.4) is 0 Å². The van der Waals surface area contributed by atoms with Gasteiger partial charge in [-0.25, -0.2) is 9.59 Å². The van der Waals surface area contributed by atoms with Crippen LogP contribution in [0.1, 0.15) is 52.4 Å². The summed E-state index contributed by atoms with van der Waals surface area (Å²) >= 11 is 0. The SMILES string of the molecule is C=CC(=O)OCCCOc1ccc(OC(=O)C2CCC(C(=O)Oc3ccc(OCCCOC(=O)C=C)cc3)CC2)cc1.CC. The van der Waals surface area contributed by atoms with E-state index in [9.17, 15) is 19.2 Å². The zero-order chi connectivity index (χ0) is 32.2. The summed E-state index contributed by atoms with van der Waals surface area (Å²) in [6, 6.07) is 13.4. The molecular weight excluding hydrogens is 568 g/mol. The lowest BCUT2D eigenvalue weighted by Gasteiger charge is -2.25. The van der Waals surface area contributed by atoms with E-state index in [0.29, 0.717) is 74.7 Å². The standard InChI is InChI=1S/C32H36O10.C2H6/c1-3-29(33)39-21-5-19-37-25-11-15-27(16-12-25)41-31(35)23-7-9-24(10-8-23)32(36)42-28-17-13-26(14-18-28)38-20-6-22-40-30(34)4-2;1-2/h3-4,11-18,23-24H,1-2,5-10,19-22H2;1-2H3. The fraction of sp³-hybridized carbons (Fsp3) is 0.412. The maximum Gasteiger partial charge on any atom is 0.330 e. The van der Waals surface area contributed by atoms with Gasteiger partial charge in [0.2, 0.25) is 0 Å². The summed E-state index contributed by atoms with van der Waals surface area (Å²) in [5.41, 5.74) is 0. The van der Waals surface area contributed by atoms with Crippen molar-refractivity contribution in [2.24, 2.45) is 11.8 Å². The molecule has 2 aromatic carbocycles. The Labute approximate surface area is 258 Å². The highest BCUT2D eigenvalue weighted by molar-refractivity contribution is 5.81. The lowest BCUT2D eigenvalue weighted by atomic mass is 9.82. The third kappa shape index (κ3) is 13.1. The smallest absolute Gasteiger partial charge is 0.330 e. The van der Waals surface area contributed by atoms with Gasteiger partial charge in [0.25, 0.3) is 0 Å². The molecule has 10 heteroatoms. The average molecular weight is 611 g/mol. The van der Waals surface area contributed by atoms with E-state index >= 15 is 0 Å². The van der Waals surface area contributed by atoms with Crippen molar-refractivity contribution in [3.63, 3.8) is 0 Å². The molecule has 1 aliphatic carbocycles. The number of esters is 4. The van der Waals surface area contributed by atoms with Crippen molar-refractivity contribution in [3.05, 3.63) is 73.8 Å². The highest BCUT2D eigenvalue weighted by Gasteiger charge is 2.32. The van der Waals surface area contributed by atoms with Crippen LogP contribution in [0.5, 0.6) is 23.0 Å². The van der Waals surface area contributed by atoms with Crippen LogP contribution in [0.25, 0.3) is 0 Å². The van der Waals surface area contributed by atoms with Crippen LogP contribution in [0.15, 0.2) is 73.8 Å². The first-order valence-electron chi connectivity index (χ1n) is 14.9. The monoisotopic (exact) mass is 610 g/mol. The lowest BCUT2D eigenvalue weighted by molar-refractivity contribution is -0.145. The summed E-state index contributed by atoms with van der Waals surface area (Å²) in [6.45, 7) is 11.9. The molecule has 0 aliphatic heterocycles. The van der Waals surface area contributed by atoms with Gasteiger partial charge in [-0.2, -0.15) is 0 Å². The van der Waals surface area contributed by atoms with Crippen LogP contribution in [0, 0.1) is 11.8 Å². The third-order valence-corrected chi connectivity index (χ3v) is 6.41. The van der Waals surface area contributed by atoms with Crippen LogP contribution >= 0.6 is 0 Å². The molecule has 2 aromatic rings. The first-order valence-corrected chi connectivity index (χ1v) is 14.9. The Morgan fingerprint density at radius 2 is 0.909 bits per heavy atom. The zero-order valence-corrected chi connectivity index (χ0v) is 25.5. The van der Waals surface area contributed by atoms with Gasteiger partial charge in [-0.15, -0.1) is 0 Å². The number of carbonyl (C=O) groups is 4. The minimum atomic E-state index is -0.469. The van der Waals surface area contributed by atoms with Crippen LogP contribution in [-0.2, 0) is 28.7 Å². The van der Waals surface area contributed by atoms with E-state index in [0.717, 1.165) is 12.2 Å². The van der Waals surface area contributed by atoms with Crippen LogP contribution < -0.4 is 18.9 Å². The van der Waals surface area contributed by atoms with E-state index in [-0.39, 0.29) is 37.0 Å². The average Bonchev–Trinajstić information content (AvgIpc) is 3.06. The predicted molar refractivity (Wildman–Crippen MR) is 163 cm³/mol. The lowest BCUT2D eigenvalue weighted by Crippen LogP contribution is -2.30. The minimum absolute atomic E-state index is 0.239. The predicted octanol–water partition coefficient (Wildman–Crippen LogP) is 6.03. The Morgan fingerprint density at radius 1 is 0.591 bits per heavy atom. The highest BCUT2D eigenvalue weighted by Crippen LogP contribution is 2.32. The molecule has 0 amide bonds. The van der Waals surface area contributed by atoms with E-state index in [1.807, 2.05) is 13.8 Å². The molecule has 0 N–H and O–H groups in total. The number of hydrogen-bond donors (Lipinski definition) is 0. The summed E-state index contributed by atoms with van der Waals surface area (Å²) in [5.74, 6) is -0.131. The van der Waals surface area contributed by atoms with E-state index in [1.165, 1.54) is 0 Å². The summed E-state index contributed by atoms with van der Waals surface area (Å²) < 4.78 is 32.0. The van der Waals surface area contributed by atoms with Crippen molar-refractivity contribution in [1.29, 1.82) is 0 Å². The van der Waals surface area contributed by atoms with Gasteiger partial charge in [-0.05, 0) is 74.2 Å². The summed E-state index contributed by atoms with van der Waals surface area (Å²) in [7, 11) is 0. The Kier molecular flexibility index (Phi) is 16.4. The van der Waals surface area contributed by atoms with Crippen molar-refractivity contribution in [2.45, 2.75) is 52.4 Å². The maximum absolute atomic E-state index is 12.7. The van der Waals surface area contributed by atoms with Crippen molar-refractivity contribution in [1.82, 2.24) is 0 Å². The molecule has 0 atom stereocenters. The van der Waals surface area contributed by atoms with Crippen molar-refractivity contribution in [2.75, 3.05) is 26.4 Å². The number of carbonyl (C=O) groups excluding carboxylic acids is 4. The van der Waals surface area contributed by atoms with Crippen molar-refractivity contribution in [3.8, 4) is 23.0 Å². The second-order valence-corrected chi connectivity index (χ2v) is 9.48. The van der Waals surface area contributed by atoms with Gasteiger partial charge in [0.15, 0.2) is 0 Å². The molecule has 0 unspecified atom stereocenters. The topological polar surface area (TPSA) is 124 Å². The van der Waals surface area contributed by atoms with Gasteiger partial charge in [-0.1, -0.05) is 27.0 Å². The maximum atomic E-state index is 12.7. The number of benzene rings is 2. The van der Waals surface area contributed by atoms with Crippen LogP contribution in [0.2, 0.25) is 0 Å². The molecule has 0 radical (unpaired) electrons. The highest BCUT2D eigenvalue weighted by atomic mass is 16.5. The molecule has 0 aromatic heterocycles. The molecule has 3 rings (SSSR count). The third-order valence-electron chi connectivity index (χ3n) is 6.41. The molecule has 0 spiro atoms. The summed E-state index contributed by atoms with van der Waals surface area (Å²) in [5, 5.41) is 0. The first kappa shape index (κ1) is 35.6. The van der Waals surface area contributed by atoms with Gasteiger partial charge < -0.3 is 28.4 Å². The summed E-state index contributed by atoms with van der Waals surface area (Å²) in [4.78, 5) is 47.4. The van der Waals surface area contributed by atoms with Crippen LogP contribution in [-0.4, -0.2) is 50.3 Å². The fourth-order valence-electron chi connectivity index (χ4n) is 4.13. The minimum Gasteiger partial charge on any atom is -0.493 e. The largest absolute Gasteiger partial charge is 0.493 e. The molecule has 1 fully saturated rings. The number of ether oxygens (including phenoxy) is 6. The molecule has 0 saturated heterocycles. The first-order chi connectivity index (χ1) is 21.4. The fourth-order valence-corrected chi connectivity index (χ4v) is 4.13. The molecule has 10 nitrogen and oxygen atoms in total. The van der Waals surface area contributed by atoms with Crippen LogP contribution in [0.4, 0.5) is 0 Å². The van der Waals surface area contributed by atoms with Crippen molar-refractivity contribution >= 4 is 23.9 Å². The van der Waals surface area contributed by atoms with E-state index in [1.54, 1.807) is 48.5 Å². The molecule has 1 aliphatic rings. The molecule has 1 saturated carbocycles. The van der Waals surface area contributed by atoms with Gasteiger partial charge in [-0.3, -0.25) is 9.59 Å². The van der Waals surface area contributed by atoms with Crippen molar-refractivity contribution < 1.29 is 47.6 Å². The van der Waals surface area contributed by atoms with Gasteiger partial charge in [0.05, 0.1) is 38.3 Å². The Bertz CT molecular complexity index is 1100. The molecule has 0 bridgehead atoms. The second-order valence-electron chi connectivity index (χ2n) is 9.48. The number of hydrogen-bond acceptors (Lipinski definition) is 10. The van der Waals surface area contributed by atoms with Gasteiger partial charge in [0.1, 0.15) is 23.0 Å². The normalized spacial score (nSPS) is 15.3. The quantitative estimate of drug-likeness (QED) is 0.0964. The zero-order valence-electron chi connectivity index (χ0n) is 25.5. The van der Waals surface area contributed by atoms with E-state index < -0.39 is 11.9 Å². The van der Waals surface area contributed by atoms with Gasteiger partial charge in [0, 0.05) is 25.0 Å². The Balaban J connectivity index is 0.00000330. The van der Waals surface area contributed by atoms with E-state index in [4.69, 9.17) is 28.4 Å². The Hall–Kier alpha value is -4.60. The second kappa shape index (κ2) is 20.3. The van der Waals surface area contributed by atoms with Gasteiger partial charge >= 0.3 is 23.9 Å². The molecule has 44 heavy (non-hydrogen) atoms. The molecule has 0 heterocycles. The molecule has 238 valence electrons. The Morgan fingerprint density at radius 3 is 1.23 bits per heavy atom. The number of rotatable bonds is 16.